The third-order valence-corrected chi connectivity index (χ3v) is 5.66. The number of likely N-dealkylation sites (tertiary alicyclic amines) is 1. The molecule has 0 aliphatic carbocycles. The number of carboxylic acid groups (broad SMARTS) is 1. The van der Waals surface area contributed by atoms with Gasteiger partial charge >= 0.3 is 5.97 Å². The molecule has 0 radical (unpaired) electrons. The van der Waals surface area contributed by atoms with Crippen LogP contribution in [0.25, 0.3) is 0 Å². The molecule has 9 N–H and O–H groups in total. The monoisotopic (exact) mass is 493 g/mol. The van der Waals surface area contributed by atoms with Crippen molar-refractivity contribution in [3.05, 3.63) is 29.8 Å². The Morgan fingerprint density at radius 2 is 1.74 bits per heavy atom. The smallest absolute Gasteiger partial charge is 0.326 e. The summed E-state index contributed by atoms with van der Waals surface area (Å²) in [4.78, 5) is 62.3. The zero-order chi connectivity index (χ0) is 26.1. The number of hydrogen-bond acceptors (Lipinski definition) is 8. The van der Waals surface area contributed by atoms with Crippen LogP contribution in [0.3, 0.4) is 0 Å². The number of aliphatic carboxylic acids is 1. The lowest BCUT2D eigenvalue weighted by Gasteiger charge is -2.30. The molecule has 1 aromatic carbocycles. The lowest BCUT2D eigenvalue weighted by molar-refractivity contribution is -0.145. The molecule has 13 nitrogen and oxygen atoms in total. The molecule has 2 rings (SSSR count). The first kappa shape index (κ1) is 27.5. The van der Waals surface area contributed by atoms with E-state index in [1.807, 2.05) is 0 Å². The van der Waals surface area contributed by atoms with Gasteiger partial charge in [0.05, 0.1) is 6.61 Å². The van der Waals surface area contributed by atoms with E-state index < -0.39 is 60.4 Å². The lowest BCUT2D eigenvalue weighted by atomic mass is 10.0. The highest BCUT2D eigenvalue weighted by Gasteiger charge is 2.39. The Kier molecular flexibility index (Phi) is 9.97. The van der Waals surface area contributed by atoms with Crippen molar-refractivity contribution in [2.75, 3.05) is 13.2 Å². The van der Waals surface area contributed by atoms with Gasteiger partial charge in [-0.25, -0.2) is 4.79 Å². The third kappa shape index (κ3) is 7.93. The number of rotatable bonds is 12. The number of carbonyl (C=O) groups excluding carboxylic acids is 4. The minimum absolute atomic E-state index is 0.0172. The minimum Gasteiger partial charge on any atom is -0.508 e. The molecular formula is C22H31N5O8. The predicted octanol–water partition coefficient (Wildman–Crippen LogP) is -2.43. The number of phenols is 1. The molecule has 0 saturated carbocycles. The molecule has 1 aliphatic heterocycles. The van der Waals surface area contributed by atoms with Crippen molar-refractivity contribution in [1.82, 2.24) is 15.5 Å². The first-order valence-corrected chi connectivity index (χ1v) is 11.1. The van der Waals surface area contributed by atoms with Gasteiger partial charge in [0, 0.05) is 19.4 Å². The number of nitrogens with two attached hydrogens (primary N) is 2. The average Bonchev–Trinajstić information content (AvgIpc) is 3.31. The first-order chi connectivity index (χ1) is 16.5. The van der Waals surface area contributed by atoms with Crippen LogP contribution in [-0.4, -0.2) is 87.1 Å². The number of aliphatic hydroxyl groups excluding tert-OH is 1. The van der Waals surface area contributed by atoms with Crippen molar-refractivity contribution in [3.8, 4) is 5.75 Å². The molecule has 1 heterocycles. The molecule has 13 heteroatoms. The van der Waals surface area contributed by atoms with Gasteiger partial charge in [-0.15, -0.1) is 0 Å². The summed E-state index contributed by atoms with van der Waals surface area (Å²) in [7, 11) is 0. The van der Waals surface area contributed by atoms with Gasteiger partial charge < -0.3 is 42.3 Å². The summed E-state index contributed by atoms with van der Waals surface area (Å²) in [5.41, 5.74) is 11.2. The second-order valence-corrected chi connectivity index (χ2v) is 8.31. The van der Waals surface area contributed by atoms with Crippen LogP contribution in [-0.2, 0) is 30.4 Å². The standard InChI is InChI=1S/C22H31N5O8/c23-14(11-28)19(31)26-16(10-12-3-5-13(29)6-4-12)21(33)27-9-1-2-17(27)20(32)25-15(22(34)35)7-8-18(24)30/h3-6,14-17,28-29H,1-2,7-11,23H2,(H2,24,30)(H,25,32)(H,26,31)(H,34,35). The van der Waals surface area contributed by atoms with Gasteiger partial charge in [0.1, 0.15) is 29.9 Å². The lowest BCUT2D eigenvalue weighted by Crippen LogP contribution is -2.57. The number of nitrogens with one attached hydrogen (secondary N) is 2. The summed E-state index contributed by atoms with van der Waals surface area (Å²) >= 11 is 0. The number of amides is 4. The van der Waals surface area contributed by atoms with Crippen LogP contribution in [0.4, 0.5) is 0 Å². The highest BCUT2D eigenvalue weighted by atomic mass is 16.4. The van der Waals surface area contributed by atoms with E-state index >= 15 is 0 Å². The number of primary amides is 1. The fraction of sp³-hybridized carbons (Fsp3) is 0.500. The molecule has 0 bridgehead atoms. The van der Waals surface area contributed by atoms with E-state index in [1.165, 1.54) is 17.0 Å². The van der Waals surface area contributed by atoms with Gasteiger partial charge in [-0.05, 0) is 37.0 Å². The molecule has 192 valence electrons. The van der Waals surface area contributed by atoms with E-state index in [0.717, 1.165) is 0 Å². The van der Waals surface area contributed by atoms with E-state index in [0.29, 0.717) is 12.0 Å². The molecule has 4 amide bonds. The Labute approximate surface area is 201 Å². The van der Waals surface area contributed by atoms with E-state index in [4.69, 9.17) is 11.5 Å². The number of hydrogen-bond donors (Lipinski definition) is 7. The summed E-state index contributed by atoms with van der Waals surface area (Å²) in [6, 6.07) is 1.24. The van der Waals surface area contributed by atoms with Gasteiger partial charge in [0.2, 0.25) is 23.6 Å². The van der Waals surface area contributed by atoms with Gasteiger partial charge in [-0.2, -0.15) is 0 Å². The molecular weight excluding hydrogens is 462 g/mol. The second kappa shape index (κ2) is 12.7. The van der Waals surface area contributed by atoms with Crippen LogP contribution < -0.4 is 22.1 Å². The SMILES string of the molecule is NC(=O)CCC(NC(=O)C1CCCN1C(=O)C(Cc1ccc(O)cc1)NC(=O)C(N)CO)C(=O)O. The quantitative estimate of drug-likeness (QED) is 0.164. The molecule has 0 aromatic heterocycles. The molecule has 1 fully saturated rings. The molecule has 1 aromatic rings. The third-order valence-electron chi connectivity index (χ3n) is 5.66. The van der Waals surface area contributed by atoms with Crippen LogP contribution in [0, 0.1) is 0 Å². The maximum absolute atomic E-state index is 13.4. The van der Waals surface area contributed by atoms with Gasteiger partial charge in [-0.1, -0.05) is 12.1 Å². The predicted molar refractivity (Wildman–Crippen MR) is 122 cm³/mol. The first-order valence-electron chi connectivity index (χ1n) is 11.1. The second-order valence-electron chi connectivity index (χ2n) is 8.31. The Balaban J connectivity index is 2.20. The van der Waals surface area contributed by atoms with E-state index in [-0.39, 0.29) is 38.0 Å². The highest BCUT2D eigenvalue weighted by Crippen LogP contribution is 2.21. The number of carbonyl (C=O) groups is 5. The van der Waals surface area contributed by atoms with Crippen molar-refractivity contribution in [1.29, 1.82) is 0 Å². The largest absolute Gasteiger partial charge is 0.508 e. The zero-order valence-corrected chi connectivity index (χ0v) is 19.1. The number of aromatic hydroxyl groups is 1. The maximum atomic E-state index is 13.4. The van der Waals surface area contributed by atoms with Crippen molar-refractivity contribution < 1.29 is 39.3 Å². The van der Waals surface area contributed by atoms with Crippen LogP contribution >= 0.6 is 0 Å². The van der Waals surface area contributed by atoms with E-state index in [9.17, 15) is 39.3 Å². The van der Waals surface area contributed by atoms with Crippen LogP contribution in [0.1, 0.15) is 31.2 Å². The Morgan fingerprint density at radius 1 is 1.09 bits per heavy atom. The highest BCUT2D eigenvalue weighted by molar-refractivity contribution is 5.94. The number of phenolic OH excluding ortho intramolecular Hbond substituents is 1. The van der Waals surface area contributed by atoms with Gasteiger partial charge in [-0.3, -0.25) is 19.2 Å². The summed E-state index contributed by atoms with van der Waals surface area (Å²) in [6.45, 7) is -0.438. The van der Waals surface area contributed by atoms with Gasteiger partial charge in [0.15, 0.2) is 0 Å². The molecule has 35 heavy (non-hydrogen) atoms. The van der Waals surface area contributed by atoms with Crippen molar-refractivity contribution >= 4 is 29.6 Å². The molecule has 1 aliphatic rings. The molecule has 0 spiro atoms. The summed E-state index contributed by atoms with van der Waals surface area (Å²) in [5.74, 6) is -4.08. The average molecular weight is 494 g/mol. The zero-order valence-electron chi connectivity index (χ0n) is 19.1. The number of nitrogens with zero attached hydrogens (tertiary/aromatic N) is 1. The number of carboxylic acids is 1. The van der Waals surface area contributed by atoms with E-state index in [1.54, 1.807) is 12.1 Å². The van der Waals surface area contributed by atoms with Crippen molar-refractivity contribution in [3.63, 3.8) is 0 Å². The summed E-state index contributed by atoms with van der Waals surface area (Å²) in [5, 5.41) is 32.9. The number of aliphatic hydroxyl groups is 1. The minimum atomic E-state index is -1.36. The van der Waals surface area contributed by atoms with Crippen LogP contribution in [0.15, 0.2) is 24.3 Å². The number of benzene rings is 1. The summed E-state index contributed by atoms with van der Waals surface area (Å²) in [6.07, 6.45) is 0.324. The van der Waals surface area contributed by atoms with Crippen LogP contribution in [0.2, 0.25) is 0 Å². The fourth-order valence-corrected chi connectivity index (χ4v) is 3.74. The van der Waals surface area contributed by atoms with Crippen molar-refractivity contribution in [2.24, 2.45) is 11.5 Å². The molecule has 4 unspecified atom stereocenters. The fourth-order valence-electron chi connectivity index (χ4n) is 3.74. The normalized spacial score (nSPS) is 17.8. The van der Waals surface area contributed by atoms with E-state index in [2.05, 4.69) is 10.6 Å². The molecule has 4 atom stereocenters. The van der Waals surface area contributed by atoms with Gasteiger partial charge in [0.25, 0.3) is 0 Å². The topological polar surface area (TPSA) is 225 Å². The van der Waals surface area contributed by atoms with Crippen LogP contribution in [0.5, 0.6) is 5.75 Å². The molecule has 1 saturated heterocycles. The summed E-state index contributed by atoms with van der Waals surface area (Å²) < 4.78 is 0. The van der Waals surface area contributed by atoms with Crippen molar-refractivity contribution in [2.45, 2.75) is 56.3 Å². The Morgan fingerprint density at radius 3 is 2.31 bits per heavy atom. The Bertz CT molecular complexity index is 938. The Hall–Kier alpha value is -3.71. The maximum Gasteiger partial charge on any atom is 0.326 e.